The third-order valence-corrected chi connectivity index (χ3v) is 2.50. The van der Waals surface area contributed by atoms with Gasteiger partial charge in [-0.25, -0.2) is 0 Å². The first-order valence-electron chi connectivity index (χ1n) is 6.97. The number of allylic oxidation sites excluding steroid dienone is 4. The first kappa shape index (κ1) is 16.8. The Labute approximate surface area is 112 Å². The first-order valence-corrected chi connectivity index (χ1v) is 6.97. The summed E-state index contributed by atoms with van der Waals surface area (Å²) in [4.78, 5) is 0. The van der Waals surface area contributed by atoms with E-state index in [2.05, 4.69) is 39.8 Å². The summed E-state index contributed by atoms with van der Waals surface area (Å²) < 4.78 is 10.5. The van der Waals surface area contributed by atoms with Crippen LogP contribution in [0.25, 0.3) is 0 Å². The average molecular weight is 252 g/mol. The Morgan fingerprint density at radius 3 is 1.67 bits per heavy atom. The zero-order valence-electron chi connectivity index (χ0n) is 12.7. The molecule has 0 saturated heterocycles. The third kappa shape index (κ3) is 5.95. The van der Waals surface area contributed by atoms with Crippen molar-refractivity contribution >= 4 is 0 Å². The molecule has 0 aromatic rings. The van der Waals surface area contributed by atoms with Crippen LogP contribution in [0.1, 0.15) is 54.4 Å². The molecule has 0 bridgehead atoms. The molecule has 18 heavy (non-hydrogen) atoms. The number of rotatable bonds is 1. The fourth-order valence-corrected chi connectivity index (χ4v) is 1.20. The molecule has 0 amide bonds. The molecule has 0 unspecified atom stereocenters. The summed E-state index contributed by atoms with van der Waals surface area (Å²) in [6.07, 6.45) is 10.8. The van der Waals surface area contributed by atoms with Crippen LogP contribution in [-0.2, 0) is 9.47 Å². The van der Waals surface area contributed by atoms with E-state index in [1.807, 2.05) is 26.0 Å². The Morgan fingerprint density at radius 2 is 1.33 bits per heavy atom. The Morgan fingerprint density at radius 1 is 0.944 bits per heavy atom. The van der Waals surface area contributed by atoms with Gasteiger partial charge in [0.2, 0.25) is 6.79 Å². The van der Waals surface area contributed by atoms with E-state index < -0.39 is 0 Å². The number of hydrogen-bond acceptors (Lipinski definition) is 2. The topological polar surface area (TPSA) is 18.5 Å². The lowest BCUT2D eigenvalue weighted by molar-refractivity contribution is 0.0774. The van der Waals surface area contributed by atoms with Gasteiger partial charge in [0.25, 0.3) is 0 Å². The van der Waals surface area contributed by atoms with Crippen LogP contribution in [0.4, 0.5) is 0 Å². The van der Waals surface area contributed by atoms with E-state index in [0.29, 0.717) is 6.79 Å². The van der Waals surface area contributed by atoms with Gasteiger partial charge in [0.05, 0.1) is 0 Å². The normalized spacial score (nSPS) is 18.3. The fourth-order valence-electron chi connectivity index (χ4n) is 1.20. The molecule has 0 radical (unpaired) electrons. The standard InChI is InChI=1S/C10H12O2.C4H10.C2H6/c1-10(2)5-3-8-9(4-6-10)12-7-11-8;1-3-4-2;1-2/h3-6H,7H2,1-2H3;3-4H2,1-2H3;1-2H3. The van der Waals surface area contributed by atoms with Gasteiger partial charge < -0.3 is 9.47 Å². The van der Waals surface area contributed by atoms with Crippen molar-refractivity contribution < 1.29 is 9.47 Å². The van der Waals surface area contributed by atoms with Crippen molar-refractivity contribution in [2.45, 2.75) is 54.4 Å². The third-order valence-electron chi connectivity index (χ3n) is 2.50. The molecule has 2 heteroatoms. The summed E-state index contributed by atoms with van der Waals surface area (Å²) >= 11 is 0. The van der Waals surface area contributed by atoms with E-state index in [0.717, 1.165) is 11.5 Å². The second-order valence-electron chi connectivity index (χ2n) is 4.62. The van der Waals surface area contributed by atoms with Crippen LogP contribution in [0.15, 0.2) is 35.8 Å². The molecule has 104 valence electrons. The first-order chi connectivity index (χ1) is 8.59. The Kier molecular flexibility index (Phi) is 8.27. The lowest BCUT2D eigenvalue weighted by atomic mass is 9.93. The van der Waals surface area contributed by atoms with E-state index >= 15 is 0 Å². The predicted molar refractivity (Wildman–Crippen MR) is 78.1 cm³/mol. The lowest BCUT2D eigenvalue weighted by Crippen LogP contribution is -2.01. The fraction of sp³-hybridized carbons (Fsp3) is 0.625. The van der Waals surface area contributed by atoms with Gasteiger partial charge in [-0.1, -0.05) is 66.5 Å². The van der Waals surface area contributed by atoms with Crippen LogP contribution in [0.3, 0.4) is 0 Å². The number of hydrogen-bond donors (Lipinski definition) is 0. The number of ether oxygens (including phenoxy) is 2. The van der Waals surface area contributed by atoms with Crippen molar-refractivity contribution in [3.63, 3.8) is 0 Å². The summed E-state index contributed by atoms with van der Waals surface area (Å²) in [6.45, 7) is 13.0. The van der Waals surface area contributed by atoms with Crippen molar-refractivity contribution in [2.75, 3.05) is 6.79 Å². The van der Waals surface area contributed by atoms with E-state index in [1.165, 1.54) is 12.8 Å². The molecule has 1 aliphatic heterocycles. The second kappa shape index (κ2) is 8.84. The average Bonchev–Trinajstić information content (AvgIpc) is 2.79. The van der Waals surface area contributed by atoms with Crippen LogP contribution in [0, 0.1) is 5.41 Å². The van der Waals surface area contributed by atoms with Crippen LogP contribution in [-0.4, -0.2) is 6.79 Å². The molecule has 0 aromatic carbocycles. The largest absolute Gasteiger partial charge is 0.454 e. The van der Waals surface area contributed by atoms with Crippen molar-refractivity contribution in [2.24, 2.45) is 5.41 Å². The highest BCUT2D eigenvalue weighted by atomic mass is 16.7. The van der Waals surface area contributed by atoms with Crippen LogP contribution >= 0.6 is 0 Å². The molecule has 1 aliphatic carbocycles. The minimum absolute atomic E-state index is 0.0943. The van der Waals surface area contributed by atoms with E-state index in [1.54, 1.807) is 0 Å². The van der Waals surface area contributed by atoms with Gasteiger partial charge in [0, 0.05) is 5.41 Å². The molecule has 0 N–H and O–H groups in total. The van der Waals surface area contributed by atoms with Gasteiger partial charge >= 0.3 is 0 Å². The highest BCUT2D eigenvalue weighted by Crippen LogP contribution is 2.28. The second-order valence-corrected chi connectivity index (χ2v) is 4.62. The summed E-state index contributed by atoms with van der Waals surface area (Å²) in [5, 5.41) is 0. The summed E-state index contributed by atoms with van der Waals surface area (Å²) in [6, 6.07) is 0. The summed E-state index contributed by atoms with van der Waals surface area (Å²) in [5.74, 6) is 1.69. The van der Waals surface area contributed by atoms with Gasteiger partial charge in [0.15, 0.2) is 11.5 Å². The predicted octanol–water partition coefficient (Wildman–Crippen LogP) is 5.19. The van der Waals surface area contributed by atoms with Crippen molar-refractivity contribution in [3.8, 4) is 0 Å². The van der Waals surface area contributed by atoms with Crippen LogP contribution < -0.4 is 0 Å². The molecular weight excluding hydrogens is 224 g/mol. The minimum Gasteiger partial charge on any atom is -0.454 e. The molecule has 0 atom stereocenters. The smallest absolute Gasteiger partial charge is 0.231 e. The van der Waals surface area contributed by atoms with Gasteiger partial charge in [-0.15, -0.1) is 0 Å². The summed E-state index contributed by atoms with van der Waals surface area (Å²) in [5.41, 5.74) is 0.0943. The van der Waals surface area contributed by atoms with E-state index in [-0.39, 0.29) is 5.41 Å². The van der Waals surface area contributed by atoms with Crippen LogP contribution in [0.5, 0.6) is 0 Å². The monoisotopic (exact) mass is 252 g/mol. The summed E-state index contributed by atoms with van der Waals surface area (Å²) in [7, 11) is 0. The Bertz CT molecular complexity index is 281. The van der Waals surface area contributed by atoms with Gasteiger partial charge in [-0.3, -0.25) is 0 Å². The zero-order valence-corrected chi connectivity index (χ0v) is 12.7. The molecule has 2 rings (SSSR count). The van der Waals surface area contributed by atoms with Crippen molar-refractivity contribution in [3.05, 3.63) is 35.8 Å². The van der Waals surface area contributed by atoms with Gasteiger partial charge in [0.1, 0.15) is 0 Å². The molecule has 1 heterocycles. The van der Waals surface area contributed by atoms with E-state index in [9.17, 15) is 0 Å². The highest BCUT2D eigenvalue weighted by molar-refractivity contribution is 5.32. The van der Waals surface area contributed by atoms with Gasteiger partial charge in [-0.2, -0.15) is 0 Å². The molecule has 2 nitrogen and oxygen atoms in total. The molecule has 0 fully saturated rings. The van der Waals surface area contributed by atoms with Crippen molar-refractivity contribution in [1.29, 1.82) is 0 Å². The highest BCUT2D eigenvalue weighted by Gasteiger charge is 2.19. The Balaban J connectivity index is 0.000000415. The number of unbranched alkanes of at least 4 members (excludes halogenated alkanes) is 1. The Hall–Kier alpha value is -1.18. The lowest BCUT2D eigenvalue weighted by Gasteiger charge is -2.12. The van der Waals surface area contributed by atoms with E-state index in [4.69, 9.17) is 9.47 Å². The zero-order chi connectivity index (χ0) is 14.0. The SMILES string of the molecule is CC.CC1(C)C=CC2=C(C=C1)OCO2.CCCC. The molecular formula is C16H28O2. The maximum absolute atomic E-state index is 5.25. The maximum Gasteiger partial charge on any atom is 0.231 e. The van der Waals surface area contributed by atoms with Gasteiger partial charge in [-0.05, 0) is 12.2 Å². The minimum atomic E-state index is 0.0943. The molecule has 0 aromatic heterocycles. The molecule has 0 spiro atoms. The van der Waals surface area contributed by atoms with Crippen molar-refractivity contribution in [1.82, 2.24) is 0 Å². The van der Waals surface area contributed by atoms with Crippen LogP contribution in [0.2, 0.25) is 0 Å². The maximum atomic E-state index is 5.25. The molecule has 2 aliphatic rings. The molecule has 0 saturated carbocycles. The quantitative estimate of drug-likeness (QED) is 0.639.